The topological polar surface area (TPSA) is 64.3 Å². The molecule has 1 aromatic carbocycles. The van der Waals surface area contributed by atoms with Gasteiger partial charge in [0.15, 0.2) is 5.69 Å². The number of aromatic nitrogens is 2. The van der Waals surface area contributed by atoms with Crippen molar-refractivity contribution in [2.45, 2.75) is 19.3 Å². The van der Waals surface area contributed by atoms with Gasteiger partial charge in [0.25, 0.3) is 0 Å². The number of nitrogens with zero attached hydrogens (tertiary/aromatic N) is 2. The van der Waals surface area contributed by atoms with Gasteiger partial charge in [-0.2, -0.15) is 5.10 Å². The first kappa shape index (κ1) is 14.1. The minimum absolute atomic E-state index is 0.0335. The number of fused-ring (bicyclic) bond motifs is 1. The van der Waals surface area contributed by atoms with E-state index in [1.54, 1.807) is 24.9 Å². The molecular formula is C15H15BrN2O3. The maximum Gasteiger partial charge on any atom is 0.356 e. The summed E-state index contributed by atoms with van der Waals surface area (Å²) >= 11 is 3.63. The number of methoxy groups -OCH3 is 1. The van der Waals surface area contributed by atoms with Gasteiger partial charge < -0.3 is 9.84 Å². The van der Waals surface area contributed by atoms with Crippen molar-refractivity contribution >= 4 is 21.9 Å². The van der Waals surface area contributed by atoms with Crippen LogP contribution in [0.25, 0.3) is 11.3 Å². The molecule has 1 N–H and O–H groups in total. The Morgan fingerprint density at radius 1 is 1.43 bits per heavy atom. The minimum atomic E-state index is -1.03. The Bertz CT molecular complexity index is 737. The van der Waals surface area contributed by atoms with E-state index >= 15 is 0 Å². The molecular weight excluding hydrogens is 336 g/mol. The second-order valence-electron chi connectivity index (χ2n) is 5.11. The summed E-state index contributed by atoms with van der Waals surface area (Å²) < 4.78 is 8.09. The van der Waals surface area contributed by atoms with Crippen LogP contribution in [-0.2, 0) is 19.9 Å². The summed E-state index contributed by atoms with van der Waals surface area (Å²) in [6.07, 6.45) is 3.21. The van der Waals surface area contributed by atoms with Gasteiger partial charge in [-0.1, -0.05) is 0 Å². The van der Waals surface area contributed by atoms with Gasteiger partial charge in [0.05, 0.1) is 17.3 Å². The molecule has 1 heterocycles. The molecule has 3 rings (SSSR count). The van der Waals surface area contributed by atoms with E-state index in [1.807, 2.05) is 0 Å². The molecule has 1 aliphatic rings. The van der Waals surface area contributed by atoms with Gasteiger partial charge in [-0.25, -0.2) is 4.79 Å². The molecule has 1 aromatic heterocycles. The van der Waals surface area contributed by atoms with Gasteiger partial charge in [-0.05, 0) is 58.5 Å². The van der Waals surface area contributed by atoms with Crippen molar-refractivity contribution in [2.24, 2.45) is 7.05 Å². The Hall–Kier alpha value is -1.82. The zero-order chi connectivity index (χ0) is 15.1. The first-order valence-electron chi connectivity index (χ1n) is 6.69. The first-order valence-corrected chi connectivity index (χ1v) is 7.48. The predicted octanol–water partition coefficient (Wildman–Crippen LogP) is 3.05. The fraction of sp³-hybridized carbons (Fsp3) is 0.333. The van der Waals surface area contributed by atoms with Gasteiger partial charge in [-0.15, -0.1) is 0 Å². The molecule has 0 atom stereocenters. The number of carbonyl (C=O) groups is 1. The minimum Gasteiger partial charge on any atom is -0.495 e. The monoisotopic (exact) mass is 350 g/mol. The highest BCUT2D eigenvalue weighted by molar-refractivity contribution is 9.10. The maximum atomic E-state index is 11.1. The number of ether oxygens (including phenoxy) is 1. The summed E-state index contributed by atoms with van der Waals surface area (Å²) in [5.41, 5.74) is 4.21. The number of hydrogen-bond acceptors (Lipinski definition) is 3. The molecule has 0 saturated heterocycles. The number of rotatable bonds is 3. The lowest BCUT2D eigenvalue weighted by Gasteiger charge is -2.14. The van der Waals surface area contributed by atoms with E-state index in [2.05, 4.69) is 27.1 Å². The maximum absolute atomic E-state index is 11.1. The number of benzene rings is 1. The molecule has 5 nitrogen and oxygen atoms in total. The predicted molar refractivity (Wildman–Crippen MR) is 81.9 cm³/mol. The van der Waals surface area contributed by atoms with Gasteiger partial charge in [0.1, 0.15) is 5.75 Å². The molecule has 0 spiro atoms. The number of halogens is 1. The third-order valence-electron chi connectivity index (χ3n) is 3.87. The van der Waals surface area contributed by atoms with Crippen molar-refractivity contribution in [3.05, 3.63) is 33.4 Å². The molecule has 110 valence electrons. The number of aryl methyl sites for hydroxylation is 2. The van der Waals surface area contributed by atoms with Crippen LogP contribution in [0.15, 0.2) is 16.6 Å². The lowest BCUT2D eigenvalue weighted by atomic mass is 10.0. The van der Waals surface area contributed by atoms with Gasteiger partial charge >= 0.3 is 5.97 Å². The van der Waals surface area contributed by atoms with Crippen LogP contribution in [0, 0.1) is 0 Å². The highest BCUT2D eigenvalue weighted by Gasteiger charge is 2.23. The van der Waals surface area contributed by atoms with Crippen LogP contribution in [0.5, 0.6) is 5.75 Å². The Morgan fingerprint density at radius 3 is 2.81 bits per heavy atom. The van der Waals surface area contributed by atoms with E-state index in [-0.39, 0.29) is 5.69 Å². The van der Waals surface area contributed by atoms with Gasteiger partial charge in [0, 0.05) is 12.6 Å². The molecule has 0 unspecified atom stereocenters. The average molecular weight is 351 g/mol. The Balaban J connectivity index is 2.23. The van der Waals surface area contributed by atoms with Crippen LogP contribution in [0.2, 0.25) is 0 Å². The van der Waals surface area contributed by atoms with Crippen molar-refractivity contribution in [1.82, 2.24) is 9.78 Å². The summed E-state index contributed by atoms with van der Waals surface area (Å²) in [6.45, 7) is 0. The highest BCUT2D eigenvalue weighted by Crippen LogP contribution is 2.43. The second-order valence-corrected chi connectivity index (χ2v) is 5.90. The summed E-state index contributed by atoms with van der Waals surface area (Å²) in [5.74, 6) is -0.299. The van der Waals surface area contributed by atoms with Crippen LogP contribution >= 0.6 is 15.9 Å². The van der Waals surface area contributed by atoms with E-state index in [4.69, 9.17) is 9.84 Å². The summed E-state index contributed by atoms with van der Waals surface area (Å²) in [6, 6.07) is 3.67. The van der Waals surface area contributed by atoms with Crippen molar-refractivity contribution in [1.29, 1.82) is 0 Å². The van der Waals surface area contributed by atoms with Crippen molar-refractivity contribution in [3.8, 4) is 17.0 Å². The smallest absolute Gasteiger partial charge is 0.356 e. The SMILES string of the molecule is COc1c(-c2cc(C(=O)O)nn2C)cc2c(c1Br)CCC2. The molecule has 6 heteroatoms. The molecule has 0 amide bonds. The third kappa shape index (κ3) is 2.23. The van der Waals surface area contributed by atoms with E-state index < -0.39 is 5.97 Å². The number of hydrogen-bond donors (Lipinski definition) is 1. The van der Waals surface area contributed by atoms with Crippen LogP contribution in [0.1, 0.15) is 28.0 Å². The summed E-state index contributed by atoms with van der Waals surface area (Å²) in [4.78, 5) is 11.1. The Labute approximate surface area is 130 Å². The normalized spacial score (nSPS) is 13.3. The van der Waals surface area contributed by atoms with Crippen LogP contribution in [0.4, 0.5) is 0 Å². The fourth-order valence-electron chi connectivity index (χ4n) is 2.89. The Morgan fingerprint density at radius 2 is 2.19 bits per heavy atom. The number of aromatic carboxylic acids is 1. The van der Waals surface area contributed by atoms with Crippen LogP contribution in [0.3, 0.4) is 0 Å². The number of carboxylic acids is 1. The summed E-state index contributed by atoms with van der Waals surface area (Å²) in [5, 5.41) is 13.1. The largest absolute Gasteiger partial charge is 0.495 e. The van der Waals surface area contributed by atoms with Gasteiger partial charge in [0.2, 0.25) is 0 Å². The van der Waals surface area contributed by atoms with E-state index in [0.29, 0.717) is 0 Å². The standard InChI is InChI=1S/C15H15BrN2O3/c1-18-12(7-11(17-18)15(19)20)10-6-8-4-3-5-9(8)13(16)14(10)21-2/h6-7H,3-5H2,1-2H3,(H,19,20). The third-order valence-corrected chi connectivity index (χ3v) is 4.71. The lowest BCUT2D eigenvalue weighted by molar-refractivity contribution is 0.0689. The number of carboxylic acid groups (broad SMARTS) is 1. The van der Waals surface area contributed by atoms with Crippen LogP contribution in [-0.4, -0.2) is 28.0 Å². The lowest BCUT2D eigenvalue weighted by Crippen LogP contribution is -2.00. The molecule has 0 fully saturated rings. The first-order chi connectivity index (χ1) is 10.0. The Kier molecular flexibility index (Phi) is 3.49. The molecule has 21 heavy (non-hydrogen) atoms. The van der Waals surface area contributed by atoms with E-state index in [9.17, 15) is 4.79 Å². The van der Waals surface area contributed by atoms with Crippen molar-refractivity contribution in [3.63, 3.8) is 0 Å². The summed E-state index contributed by atoms with van der Waals surface area (Å²) in [7, 11) is 3.36. The van der Waals surface area contributed by atoms with E-state index in [0.717, 1.165) is 40.7 Å². The van der Waals surface area contributed by atoms with Crippen molar-refractivity contribution in [2.75, 3.05) is 7.11 Å². The highest BCUT2D eigenvalue weighted by atomic mass is 79.9. The molecule has 0 bridgehead atoms. The molecule has 1 aliphatic carbocycles. The molecule has 0 saturated carbocycles. The zero-order valence-electron chi connectivity index (χ0n) is 11.8. The van der Waals surface area contributed by atoms with E-state index in [1.165, 1.54) is 11.1 Å². The molecule has 0 aliphatic heterocycles. The van der Waals surface area contributed by atoms with Gasteiger partial charge in [-0.3, -0.25) is 4.68 Å². The zero-order valence-corrected chi connectivity index (χ0v) is 13.4. The quantitative estimate of drug-likeness (QED) is 0.923. The second kappa shape index (κ2) is 5.18. The van der Waals surface area contributed by atoms with Crippen LogP contribution < -0.4 is 4.74 Å². The molecule has 2 aromatic rings. The average Bonchev–Trinajstić information content (AvgIpc) is 3.05. The van der Waals surface area contributed by atoms with Crippen molar-refractivity contribution < 1.29 is 14.6 Å². The molecule has 0 radical (unpaired) electrons. The fourth-order valence-corrected chi connectivity index (χ4v) is 3.71.